The zero-order valence-corrected chi connectivity index (χ0v) is 12.1. The Bertz CT molecular complexity index is 486. The first-order valence-corrected chi connectivity index (χ1v) is 6.83. The molecule has 0 aliphatic rings. The van der Waals surface area contributed by atoms with Gasteiger partial charge in [-0.15, -0.1) is 0 Å². The standard InChI is InChI=1S/C15H19NO6/c17-13(18)10-16(11-14(19)20)8-9-22-15(21)7-6-12-4-2-1-3-5-12/h1-5H,6-11H2,(H,17,18)(H,19,20). The molecule has 0 spiro atoms. The Morgan fingerprint density at radius 1 is 1.00 bits per heavy atom. The van der Waals surface area contributed by atoms with E-state index in [1.807, 2.05) is 30.3 Å². The van der Waals surface area contributed by atoms with Crippen LogP contribution in [0.15, 0.2) is 30.3 Å². The van der Waals surface area contributed by atoms with E-state index in [-0.39, 0.29) is 19.6 Å². The lowest BCUT2D eigenvalue weighted by Gasteiger charge is -2.17. The second-order valence-corrected chi connectivity index (χ2v) is 4.70. The maximum absolute atomic E-state index is 11.6. The topological polar surface area (TPSA) is 104 Å². The predicted molar refractivity (Wildman–Crippen MR) is 77.4 cm³/mol. The Balaban J connectivity index is 2.27. The van der Waals surface area contributed by atoms with Crippen molar-refractivity contribution in [2.24, 2.45) is 0 Å². The fraction of sp³-hybridized carbons (Fsp3) is 0.400. The van der Waals surface area contributed by atoms with Crippen LogP contribution in [0.4, 0.5) is 0 Å². The highest BCUT2D eigenvalue weighted by molar-refractivity contribution is 5.72. The van der Waals surface area contributed by atoms with Gasteiger partial charge in [0.25, 0.3) is 0 Å². The Morgan fingerprint density at radius 3 is 2.14 bits per heavy atom. The molecule has 0 atom stereocenters. The van der Waals surface area contributed by atoms with Gasteiger partial charge in [0.2, 0.25) is 0 Å². The van der Waals surface area contributed by atoms with Gasteiger partial charge in [0.15, 0.2) is 0 Å². The number of carboxylic acids is 2. The van der Waals surface area contributed by atoms with Crippen molar-refractivity contribution in [2.45, 2.75) is 12.8 Å². The van der Waals surface area contributed by atoms with Crippen molar-refractivity contribution < 1.29 is 29.3 Å². The predicted octanol–water partition coefficient (Wildman–Crippen LogP) is 0.634. The van der Waals surface area contributed by atoms with Crippen LogP contribution >= 0.6 is 0 Å². The monoisotopic (exact) mass is 309 g/mol. The van der Waals surface area contributed by atoms with Crippen LogP contribution in [0.2, 0.25) is 0 Å². The smallest absolute Gasteiger partial charge is 0.317 e. The molecule has 0 radical (unpaired) electrons. The number of hydrogen-bond acceptors (Lipinski definition) is 5. The molecule has 0 aromatic heterocycles. The van der Waals surface area contributed by atoms with Gasteiger partial charge in [-0.2, -0.15) is 0 Å². The summed E-state index contributed by atoms with van der Waals surface area (Å²) in [5.41, 5.74) is 1.03. The minimum absolute atomic E-state index is 0.0335. The van der Waals surface area contributed by atoms with E-state index < -0.39 is 31.0 Å². The van der Waals surface area contributed by atoms with Crippen LogP contribution in [0.3, 0.4) is 0 Å². The first-order chi connectivity index (χ1) is 10.5. The Hall–Kier alpha value is -2.41. The maximum Gasteiger partial charge on any atom is 0.317 e. The number of carbonyl (C=O) groups excluding carboxylic acids is 1. The van der Waals surface area contributed by atoms with Crippen LogP contribution < -0.4 is 0 Å². The molecule has 1 aromatic rings. The fourth-order valence-electron chi connectivity index (χ4n) is 1.85. The van der Waals surface area contributed by atoms with Gasteiger partial charge < -0.3 is 14.9 Å². The molecule has 0 saturated heterocycles. The SMILES string of the molecule is O=C(O)CN(CCOC(=O)CCc1ccccc1)CC(=O)O. The van der Waals surface area contributed by atoms with Gasteiger partial charge in [0, 0.05) is 13.0 Å². The number of ether oxygens (including phenoxy) is 1. The molecule has 1 aromatic carbocycles. The van der Waals surface area contributed by atoms with Crippen molar-refractivity contribution in [3.8, 4) is 0 Å². The molecule has 2 N–H and O–H groups in total. The zero-order chi connectivity index (χ0) is 16.4. The summed E-state index contributed by atoms with van der Waals surface area (Å²) in [7, 11) is 0. The summed E-state index contributed by atoms with van der Waals surface area (Å²) in [5.74, 6) is -2.65. The highest BCUT2D eigenvalue weighted by Crippen LogP contribution is 2.03. The molecule has 0 saturated carbocycles. The molecule has 0 amide bonds. The van der Waals surface area contributed by atoms with Crippen LogP contribution in [0.5, 0.6) is 0 Å². The van der Waals surface area contributed by atoms with E-state index in [1.165, 1.54) is 4.90 Å². The Kier molecular flexibility index (Phi) is 7.63. The van der Waals surface area contributed by atoms with Crippen molar-refractivity contribution >= 4 is 17.9 Å². The first-order valence-electron chi connectivity index (χ1n) is 6.83. The summed E-state index contributed by atoms with van der Waals surface area (Å²) < 4.78 is 4.99. The van der Waals surface area contributed by atoms with Crippen LogP contribution in [0, 0.1) is 0 Å². The lowest BCUT2D eigenvalue weighted by Crippen LogP contribution is -2.37. The van der Waals surface area contributed by atoms with Gasteiger partial charge in [-0.1, -0.05) is 30.3 Å². The number of hydrogen-bond donors (Lipinski definition) is 2. The zero-order valence-electron chi connectivity index (χ0n) is 12.1. The number of carboxylic acid groups (broad SMARTS) is 2. The summed E-state index contributed by atoms with van der Waals surface area (Å²) in [6.07, 6.45) is 0.787. The lowest BCUT2D eigenvalue weighted by atomic mass is 10.1. The van der Waals surface area contributed by atoms with E-state index in [2.05, 4.69) is 0 Å². The number of aryl methyl sites for hydroxylation is 1. The van der Waals surface area contributed by atoms with Crippen molar-refractivity contribution in [1.29, 1.82) is 0 Å². The molecular weight excluding hydrogens is 290 g/mol. The number of rotatable bonds is 10. The molecular formula is C15H19NO6. The van der Waals surface area contributed by atoms with Crippen LogP contribution in [0.25, 0.3) is 0 Å². The molecule has 0 bridgehead atoms. The third-order valence-corrected chi connectivity index (χ3v) is 2.85. The Labute approximate surface area is 128 Å². The van der Waals surface area contributed by atoms with Crippen LogP contribution in [-0.2, 0) is 25.5 Å². The number of benzene rings is 1. The normalized spacial score (nSPS) is 10.4. The third kappa shape index (κ3) is 8.01. The van der Waals surface area contributed by atoms with Gasteiger partial charge in [-0.05, 0) is 12.0 Å². The van der Waals surface area contributed by atoms with E-state index in [9.17, 15) is 14.4 Å². The van der Waals surface area contributed by atoms with Crippen LogP contribution in [-0.4, -0.2) is 59.3 Å². The van der Waals surface area contributed by atoms with Crippen molar-refractivity contribution in [3.05, 3.63) is 35.9 Å². The van der Waals surface area contributed by atoms with Gasteiger partial charge in [-0.3, -0.25) is 19.3 Å². The molecule has 22 heavy (non-hydrogen) atoms. The molecule has 0 aliphatic carbocycles. The van der Waals surface area contributed by atoms with Crippen LogP contribution in [0.1, 0.15) is 12.0 Å². The van der Waals surface area contributed by atoms with E-state index in [0.717, 1.165) is 5.56 Å². The minimum atomic E-state index is -1.13. The quantitative estimate of drug-likeness (QED) is 0.611. The summed E-state index contributed by atoms with van der Waals surface area (Å²) in [5, 5.41) is 17.3. The van der Waals surface area contributed by atoms with E-state index in [0.29, 0.717) is 6.42 Å². The number of esters is 1. The van der Waals surface area contributed by atoms with Gasteiger partial charge in [0.05, 0.1) is 13.1 Å². The maximum atomic E-state index is 11.6. The Morgan fingerprint density at radius 2 is 1.59 bits per heavy atom. The average molecular weight is 309 g/mol. The number of aliphatic carboxylic acids is 2. The van der Waals surface area contributed by atoms with Crippen molar-refractivity contribution in [3.63, 3.8) is 0 Å². The molecule has 120 valence electrons. The summed E-state index contributed by atoms with van der Waals surface area (Å²) in [6.45, 7) is -0.786. The van der Waals surface area contributed by atoms with Gasteiger partial charge in [0.1, 0.15) is 6.61 Å². The molecule has 0 unspecified atom stereocenters. The number of nitrogens with zero attached hydrogens (tertiary/aromatic N) is 1. The van der Waals surface area contributed by atoms with E-state index in [4.69, 9.17) is 14.9 Å². The van der Waals surface area contributed by atoms with Crippen molar-refractivity contribution in [1.82, 2.24) is 4.90 Å². The van der Waals surface area contributed by atoms with Crippen molar-refractivity contribution in [2.75, 3.05) is 26.2 Å². The minimum Gasteiger partial charge on any atom is -0.480 e. The highest BCUT2D eigenvalue weighted by atomic mass is 16.5. The second-order valence-electron chi connectivity index (χ2n) is 4.70. The largest absolute Gasteiger partial charge is 0.480 e. The lowest BCUT2D eigenvalue weighted by molar-refractivity contribution is -0.145. The number of carbonyl (C=O) groups is 3. The second kappa shape index (κ2) is 9.51. The summed E-state index contributed by atoms with van der Waals surface area (Å²) in [6, 6.07) is 9.48. The van der Waals surface area contributed by atoms with Gasteiger partial charge >= 0.3 is 17.9 Å². The fourth-order valence-corrected chi connectivity index (χ4v) is 1.85. The molecule has 0 heterocycles. The van der Waals surface area contributed by atoms with Gasteiger partial charge in [-0.25, -0.2) is 0 Å². The third-order valence-electron chi connectivity index (χ3n) is 2.85. The molecule has 0 fully saturated rings. The summed E-state index contributed by atoms with van der Waals surface area (Å²) in [4.78, 5) is 34.0. The molecule has 1 rings (SSSR count). The summed E-state index contributed by atoms with van der Waals surface area (Å²) >= 11 is 0. The highest BCUT2D eigenvalue weighted by Gasteiger charge is 2.14. The first kappa shape index (κ1) is 17.6. The molecule has 7 heteroatoms. The van der Waals surface area contributed by atoms with E-state index >= 15 is 0 Å². The molecule has 0 aliphatic heterocycles. The van der Waals surface area contributed by atoms with E-state index in [1.54, 1.807) is 0 Å². The molecule has 7 nitrogen and oxygen atoms in total. The average Bonchev–Trinajstić information content (AvgIpc) is 2.45.